The quantitative estimate of drug-likeness (QED) is 0.375. The molecule has 0 saturated carbocycles. The first kappa shape index (κ1) is 22.4. The molecule has 0 aliphatic carbocycles. The van der Waals surface area contributed by atoms with Crippen LogP contribution in [0.15, 0.2) is 53.4 Å². The van der Waals surface area contributed by atoms with Crippen LogP contribution in [0.5, 0.6) is 0 Å². The van der Waals surface area contributed by atoms with Gasteiger partial charge in [0, 0.05) is 29.3 Å². The molecular weight excluding hydrogens is 390 g/mol. The second-order valence-corrected chi connectivity index (χ2v) is 8.05. The zero-order valence-electron chi connectivity index (χ0n) is 16.8. The van der Waals surface area contributed by atoms with E-state index in [9.17, 15) is 19.7 Å². The number of benzene rings is 2. The summed E-state index contributed by atoms with van der Waals surface area (Å²) in [6.07, 6.45) is 0.734. The molecule has 1 N–H and O–H groups in total. The lowest BCUT2D eigenvalue weighted by atomic mass is 10.2. The number of hydrogen-bond donors (Lipinski definition) is 1. The number of anilines is 1. The van der Waals surface area contributed by atoms with Gasteiger partial charge in [0.1, 0.15) is 0 Å². The van der Waals surface area contributed by atoms with Crippen LogP contribution >= 0.6 is 11.8 Å². The fourth-order valence-electron chi connectivity index (χ4n) is 2.77. The molecule has 2 amide bonds. The lowest BCUT2D eigenvalue weighted by molar-refractivity contribution is -0.384. The van der Waals surface area contributed by atoms with Crippen molar-refractivity contribution in [1.29, 1.82) is 0 Å². The van der Waals surface area contributed by atoms with E-state index in [4.69, 9.17) is 0 Å². The summed E-state index contributed by atoms with van der Waals surface area (Å²) < 4.78 is 0. The number of carbonyl (C=O) groups is 2. The molecule has 0 aliphatic heterocycles. The number of nitrogens with zero attached hydrogens (tertiary/aromatic N) is 2. The number of nitro groups is 1. The van der Waals surface area contributed by atoms with Crippen molar-refractivity contribution >= 4 is 35.0 Å². The minimum Gasteiger partial charge on any atom is -0.332 e. The monoisotopic (exact) mass is 415 g/mol. The molecule has 2 aromatic rings. The molecule has 0 saturated heterocycles. The van der Waals surface area contributed by atoms with E-state index >= 15 is 0 Å². The van der Waals surface area contributed by atoms with Crippen LogP contribution < -0.4 is 5.32 Å². The maximum Gasteiger partial charge on any atom is 0.269 e. The molecule has 2 rings (SSSR count). The SMILES string of the molecule is CCCN(CC(=O)Nc1ccccc1C)C(=O)C(C)Sc1ccc([N+](=O)[O-])cc1. The second-order valence-electron chi connectivity index (χ2n) is 6.63. The first-order valence-electron chi connectivity index (χ1n) is 9.37. The standard InChI is InChI=1S/C21H25N3O4S/c1-4-13-23(14-20(25)22-19-8-6-5-7-15(19)2)21(26)16(3)29-18-11-9-17(10-12-18)24(27)28/h5-12,16H,4,13-14H2,1-3H3,(H,22,25). The van der Waals surface area contributed by atoms with Crippen molar-refractivity contribution < 1.29 is 14.5 Å². The van der Waals surface area contributed by atoms with Crippen LogP contribution in [0.4, 0.5) is 11.4 Å². The summed E-state index contributed by atoms with van der Waals surface area (Å²) in [4.78, 5) is 38.0. The highest BCUT2D eigenvalue weighted by atomic mass is 32.2. The van der Waals surface area contributed by atoms with Gasteiger partial charge in [-0.3, -0.25) is 19.7 Å². The Balaban J connectivity index is 2.00. The Morgan fingerprint density at radius 2 is 1.83 bits per heavy atom. The largest absolute Gasteiger partial charge is 0.332 e. The first-order chi connectivity index (χ1) is 13.8. The first-order valence-corrected chi connectivity index (χ1v) is 10.2. The van der Waals surface area contributed by atoms with E-state index in [1.165, 1.54) is 23.9 Å². The van der Waals surface area contributed by atoms with Crippen molar-refractivity contribution in [3.05, 3.63) is 64.2 Å². The van der Waals surface area contributed by atoms with Crippen LogP contribution in [0.3, 0.4) is 0 Å². The van der Waals surface area contributed by atoms with Gasteiger partial charge in [-0.2, -0.15) is 0 Å². The normalized spacial score (nSPS) is 11.6. The maximum atomic E-state index is 12.9. The number of thioether (sulfide) groups is 1. The highest BCUT2D eigenvalue weighted by Crippen LogP contribution is 2.26. The summed E-state index contributed by atoms with van der Waals surface area (Å²) in [5.41, 5.74) is 1.69. The Hall–Kier alpha value is -2.87. The Labute approximate surface area is 174 Å². The van der Waals surface area contributed by atoms with E-state index in [1.54, 1.807) is 24.0 Å². The van der Waals surface area contributed by atoms with Gasteiger partial charge in [0.05, 0.1) is 16.7 Å². The lowest BCUT2D eigenvalue weighted by Gasteiger charge is -2.25. The molecule has 0 bridgehead atoms. The van der Waals surface area contributed by atoms with Gasteiger partial charge in [-0.05, 0) is 44.0 Å². The molecule has 2 aromatic carbocycles. The molecular formula is C21H25N3O4S. The fraction of sp³-hybridized carbons (Fsp3) is 0.333. The molecule has 29 heavy (non-hydrogen) atoms. The van der Waals surface area contributed by atoms with Gasteiger partial charge in [0.25, 0.3) is 5.69 Å². The number of amides is 2. The molecule has 0 fully saturated rings. The third-order valence-corrected chi connectivity index (χ3v) is 5.37. The van der Waals surface area contributed by atoms with Gasteiger partial charge in [0.2, 0.25) is 11.8 Å². The molecule has 154 valence electrons. The number of aryl methyl sites for hydroxylation is 1. The number of nitrogens with one attached hydrogen (secondary N) is 1. The smallest absolute Gasteiger partial charge is 0.269 e. The number of nitro benzene ring substituents is 1. The number of para-hydroxylation sites is 1. The number of carbonyl (C=O) groups excluding carboxylic acids is 2. The number of rotatable bonds is 9. The topological polar surface area (TPSA) is 92.6 Å². The predicted molar refractivity (Wildman–Crippen MR) is 115 cm³/mol. The van der Waals surface area contributed by atoms with Crippen molar-refractivity contribution in [2.45, 2.75) is 37.3 Å². The summed E-state index contributed by atoms with van der Waals surface area (Å²) >= 11 is 1.31. The maximum absolute atomic E-state index is 12.9. The minimum absolute atomic E-state index is 0.00816. The molecule has 1 atom stereocenters. The van der Waals surface area contributed by atoms with Crippen molar-refractivity contribution in [2.75, 3.05) is 18.4 Å². The van der Waals surface area contributed by atoms with E-state index in [0.29, 0.717) is 6.54 Å². The molecule has 0 aromatic heterocycles. The predicted octanol–water partition coefficient (Wildman–Crippen LogP) is 4.26. The van der Waals surface area contributed by atoms with Gasteiger partial charge in [-0.25, -0.2) is 0 Å². The molecule has 0 radical (unpaired) electrons. The van der Waals surface area contributed by atoms with Gasteiger partial charge in [0.15, 0.2) is 0 Å². The lowest BCUT2D eigenvalue weighted by Crippen LogP contribution is -2.42. The Bertz CT molecular complexity index is 870. The van der Waals surface area contributed by atoms with E-state index in [2.05, 4.69) is 5.32 Å². The van der Waals surface area contributed by atoms with Crippen molar-refractivity contribution in [3.63, 3.8) is 0 Å². The second kappa shape index (κ2) is 10.6. The van der Waals surface area contributed by atoms with Gasteiger partial charge in [-0.1, -0.05) is 25.1 Å². The summed E-state index contributed by atoms with van der Waals surface area (Å²) in [7, 11) is 0. The Morgan fingerprint density at radius 1 is 1.17 bits per heavy atom. The summed E-state index contributed by atoms with van der Waals surface area (Å²) in [6.45, 7) is 6.09. The van der Waals surface area contributed by atoms with Crippen molar-refractivity contribution in [2.24, 2.45) is 0 Å². The summed E-state index contributed by atoms with van der Waals surface area (Å²) in [5, 5.41) is 13.2. The zero-order valence-corrected chi connectivity index (χ0v) is 17.6. The van der Waals surface area contributed by atoms with Gasteiger partial charge >= 0.3 is 0 Å². The highest BCUT2D eigenvalue weighted by Gasteiger charge is 2.23. The van der Waals surface area contributed by atoms with Crippen molar-refractivity contribution in [1.82, 2.24) is 4.90 Å². The number of hydrogen-bond acceptors (Lipinski definition) is 5. The molecule has 8 heteroatoms. The zero-order chi connectivity index (χ0) is 21.4. The minimum atomic E-state index is -0.459. The van der Waals surface area contributed by atoms with Gasteiger partial charge < -0.3 is 10.2 Å². The third-order valence-electron chi connectivity index (χ3n) is 4.27. The number of non-ortho nitro benzene ring substituents is 1. The molecule has 7 nitrogen and oxygen atoms in total. The fourth-order valence-corrected chi connectivity index (χ4v) is 3.72. The molecule has 1 unspecified atom stereocenters. The molecule has 0 heterocycles. The van der Waals surface area contributed by atoms with Crippen molar-refractivity contribution in [3.8, 4) is 0 Å². The van der Waals surface area contributed by atoms with E-state index in [0.717, 1.165) is 22.6 Å². The molecule has 0 aliphatic rings. The Kier molecular flexibility index (Phi) is 8.21. The van der Waals surface area contributed by atoms with Gasteiger partial charge in [-0.15, -0.1) is 11.8 Å². The van der Waals surface area contributed by atoms with Crippen LogP contribution in [0.2, 0.25) is 0 Å². The summed E-state index contributed by atoms with van der Waals surface area (Å²) in [5.74, 6) is -0.385. The summed E-state index contributed by atoms with van der Waals surface area (Å²) in [6, 6.07) is 13.6. The van der Waals surface area contributed by atoms with Crippen LogP contribution in [-0.4, -0.2) is 40.0 Å². The van der Waals surface area contributed by atoms with Crippen LogP contribution in [0, 0.1) is 17.0 Å². The average Bonchev–Trinajstić information content (AvgIpc) is 2.69. The molecule has 0 spiro atoms. The Morgan fingerprint density at radius 3 is 2.41 bits per heavy atom. The van der Waals surface area contributed by atoms with Crippen LogP contribution in [0.1, 0.15) is 25.8 Å². The van der Waals surface area contributed by atoms with Crippen LogP contribution in [-0.2, 0) is 9.59 Å². The average molecular weight is 416 g/mol. The van der Waals surface area contributed by atoms with Crippen LogP contribution in [0.25, 0.3) is 0 Å². The van der Waals surface area contributed by atoms with E-state index < -0.39 is 10.2 Å². The third kappa shape index (κ3) is 6.60. The highest BCUT2D eigenvalue weighted by molar-refractivity contribution is 8.00. The van der Waals surface area contributed by atoms with E-state index in [-0.39, 0.29) is 24.0 Å². The van der Waals surface area contributed by atoms with E-state index in [1.807, 2.05) is 38.1 Å².